The molecule has 0 aromatic heterocycles. The van der Waals surface area contributed by atoms with Crippen molar-refractivity contribution < 1.29 is 0 Å². The van der Waals surface area contributed by atoms with Gasteiger partial charge in [-0.25, -0.2) is 0 Å². The molecule has 0 saturated carbocycles. The van der Waals surface area contributed by atoms with Crippen molar-refractivity contribution in [3.05, 3.63) is 29.3 Å². The number of benzene rings is 1. The van der Waals surface area contributed by atoms with E-state index in [0.29, 0.717) is 5.92 Å². The first kappa shape index (κ1) is 9.53. The minimum Gasteiger partial charge on any atom is -0.384 e. The second-order valence-corrected chi connectivity index (χ2v) is 4.14. The molecule has 1 heterocycles. The standard InChI is InChI=1S/C12H18N2/c1-9-3-2-4-11-7-10(5-6-13)8-14-12(9)11/h2-4,10,14H,5-8,13H2,1H3. The highest BCUT2D eigenvalue weighted by molar-refractivity contribution is 5.58. The molecule has 2 nitrogen and oxygen atoms in total. The van der Waals surface area contributed by atoms with Gasteiger partial charge in [-0.1, -0.05) is 18.2 Å². The van der Waals surface area contributed by atoms with E-state index < -0.39 is 0 Å². The van der Waals surface area contributed by atoms with E-state index >= 15 is 0 Å². The molecule has 1 aromatic carbocycles. The van der Waals surface area contributed by atoms with Crippen molar-refractivity contribution >= 4 is 5.69 Å². The summed E-state index contributed by atoms with van der Waals surface area (Å²) < 4.78 is 0. The number of aryl methyl sites for hydroxylation is 1. The van der Waals surface area contributed by atoms with Gasteiger partial charge in [0, 0.05) is 12.2 Å². The Morgan fingerprint density at radius 3 is 3.14 bits per heavy atom. The highest BCUT2D eigenvalue weighted by atomic mass is 14.9. The van der Waals surface area contributed by atoms with E-state index in [1.165, 1.54) is 23.2 Å². The second-order valence-electron chi connectivity index (χ2n) is 4.14. The van der Waals surface area contributed by atoms with Gasteiger partial charge in [0.15, 0.2) is 0 Å². The lowest BCUT2D eigenvalue weighted by Crippen LogP contribution is -2.25. The number of hydrogen-bond acceptors (Lipinski definition) is 2. The minimum absolute atomic E-state index is 0.717. The minimum atomic E-state index is 0.717. The maximum absolute atomic E-state index is 5.58. The maximum atomic E-state index is 5.58. The van der Waals surface area contributed by atoms with Crippen LogP contribution in [-0.4, -0.2) is 13.1 Å². The first-order valence-corrected chi connectivity index (χ1v) is 5.33. The zero-order chi connectivity index (χ0) is 9.97. The Hall–Kier alpha value is -1.02. The molecule has 0 spiro atoms. The smallest absolute Gasteiger partial charge is 0.0402 e. The molecule has 3 N–H and O–H groups in total. The fourth-order valence-corrected chi connectivity index (χ4v) is 2.22. The van der Waals surface area contributed by atoms with Gasteiger partial charge in [0.2, 0.25) is 0 Å². The first-order valence-electron chi connectivity index (χ1n) is 5.33. The first-order chi connectivity index (χ1) is 6.81. The van der Waals surface area contributed by atoms with Crippen molar-refractivity contribution in [1.29, 1.82) is 0 Å². The number of rotatable bonds is 2. The lowest BCUT2D eigenvalue weighted by Gasteiger charge is -2.27. The number of nitrogens with one attached hydrogen (secondary N) is 1. The summed E-state index contributed by atoms with van der Waals surface area (Å²) in [6, 6.07) is 6.52. The lowest BCUT2D eigenvalue weighted by atomic mass is 9.90. The normalized spacial score (nSPS) is 20.0. The van der Waals surface area contributed by atoms with Crippen LogP contribution < -0.4 is 11.1 Å². The zero-order valence-corrected chi connectivity index (χ0v) is 8.72. The highest BCUT2D eigenvalue weighted by Crippen LogP contribution is 2.28. The molecule has 2 rings (SSSR count). The van der Waals surface area contributed by atoms with Gasteiger partial charge in [0.25, 0.3) is 0 Å². The van der Waals surface area contributed by atoms with Gasteiger partial charge in [0.1, 0.15) is 0 Å². The Balaban J connectivity index is 2.18. The molecule has 0 bridgehead atoms. The highest BCUT2D eigenvalue weighted by Gasteiger charge is 2.17. The van der Waals surface area contributed by atoms with E-state index in [1.54, 1.807) is 0 Å². The maximum Gasteiger partial charge on any atom is 0.0402 e. The van der Waals surface area contributed by atoms with E-state index in [1.807, 2.05) is 0 Å². The summed E-state index contributed by atoms with van der Waals surface area (Å²) in [5, 5.41) is 3.51. The summed E-state index contributed by atoms with van der Waals surface area (Å²) in [4.78, 5) is 0. The molecule has 1 aliphatic heterocycles. The molecule has 1 aromatic rings. The van der Waals surface area contributed by atoms with E-state index in [2.05, 4.69) is 30.4 Å². The van der Waals surface area contributed by atoms with E-state index in [-0.39, 0.29) is 0 Å². The van der Waals surface area contributed by atoms with Gasteiger partial charge in [-0.15, -0.1) is 0 Å². The van der Waals surface area contributed by atoms with Crippen LogP contribution in [0.1, 0.15) is 17.5 Å². The summed E-state index contributed by atoms with van der Waals surface area (Å²) in [5.74, 6) is 0.717. The number of hydrogen-bond donors (Lipinski definition) is 2. The van der Waals surface area contributed by atoms with E-state index in [0.717, 1.165) is 19.5 Å². The molecule has 0 saturated heterocycles. The Morgan fingerprint density at radius 1 is 1.50 bits per heavy atom. The summed E-state index contributed by atoms with van der Waals surface area (Å²) in [6.07, 6.45) is 2.31. The van der Waals surface area contributed by atoms with Gasteiger partial charge in [0.05, 0.1) is 0 Å². The topological polar surface area (TPSA) is 38.0 Å². The third-order valence-corrected chi connectivity index (χ3v) is 3.01. The second kappa shape index (κ2) is 4.01. The number of anilines is 1. The van der Waals surface area contributed by atoms with Gasteiger partial charge in [-0.3, -0.25) is 0 Å². The van der Waals surface area contributed by atoms with Crippen molar-refractivity contribution in [3.8, 4) is 0 Å². The van der Waals surface area contributed by atoms with E-state index in [9.17, 15) is 0 Å². The van der Waals surface area contributed by atoms with Crippen LogP contribution in [0.4, 0.5) is 5.69 Å². The molecule has 14 heavy (non-hydrogen) atoms. The molecule has 1 atom stereocenters. The SMILES string of the molecule is Cc1cccc2c1NCC(CCN)C2. The van der Waals surface area contributed by atoms with Crippen LogP contribution in [0.2, 0.25) is 0 Å². The van der Waals surface area contributed by atoms with Crippen LogP contribution in [0, 0.1) is 12.8 Å². The Kier molecular flexibility index (Phi) is 2.73. The van der Waals surface area contributed by atoms with Crippen LogP contribution in [0.15, 0.2) is 18.2 Å². The molecule has 0 fully saturated rings. The largest absolute Gasteiger partial charge is 0.384 e. The summed E-state index contributed by atoms with van der Waals surface area (Å²) in [6.45, 7) is 4.04. The lowest BCUT2D eigenvalue weighted by molar-refractivity contribution is 0.503. The van der Waals surface area contributed by atoms with Crippen molar-refractivity contribution in [2.75, 3.05) is 18.4 Å². The fraction of sp³-hybridized carbons (Fsp3) is 0.500. The zero-order valence-electron chi connectivity index (χ0n) is 8.72. The fourth-order valence-electron chi connectivity index (χ4n) is 2.22. The van der Waals surface area contributed by atoms with Gasteiger partial charge >= 0.3 is 0 Å². The Morgan fingerprint density at radius 2 is 2.36 bits per heavy atom. The third-order valence-electron chi connectivity index (χ3n) is 3.01. The van der Waals surface area contributed by atoms with Crippen molar-refractivity contribution in [2.45, 2.75) is 19.8 Å². The third kappa shape index (κ3) is 1.75. The molecular formula is C12H18N2. The summed E-state index contributed by atoms with van der Waals surface area (Å²) >= 11 is 0. The number of nitrogens with two attached hydrogens (primary N) is 1. The number of fused-ring (bicyclic) bond motifs is 1. The molecule has 2 heteroatoms. The van der Waals surface area contributed by atoms with Gasteiger partial charge in [-0.2, -0.15) is 0 Å². The van der Waals surface area contributed by atoms with E-state index in [4.69, 9.17) is 5.73 Å². The Labute approximate surface area is 85.5 Å². The average Bonchev–Trinajstić information content (AvgIpc) is 2.18. The van der Waals surface area contributed by atoms with Crippen LogP contribution in [0.3, 0.4) is 0 Å². The van der Waals surface area contributed by atoms with Crippen LogP contribution in [0.5, 0.6) is 0 Å². The average molecular weight is 190 g/mol. The summed E-state index contributed by atoms with van der Waals surface area (Å²) in [7, 11) is 0. The molecular weight excluding hydrogens is 172 g/mol. The van der Waals surface area contributed by atoms with Gasteiger partial charge in [-0.05, 0) is 43.4 Å². The Bertz CT molecular complexity index is 320. The van der Waals surface area contributed by atoms with Crippen LogP contribution >= 0.6 is 0 Å². The number of para-hydroxylation sites is 1. The molecule has 0 radical (unpaired) electrons. The monoisotopic (exact) mass is 190 g/mol. The van der Waals surface area contributed by atoms with Crippen molar-refractivity contribution in [1.82, 2.24) is 0 Å². The summed E-state index contributed by atoms with van der Waals surface area (Å²) in [5.41, 5.74) is 9.74. The van der Waals surface area contributed by atoms with Crippen LogP contribution in [0.25, 0.3) is 0 Å². The quantitative estimate of drug-likeness (QED) is 0.747. The predicted octanol–water partition coefficient (Wildman–Crippen LogP) is 1.93. The molecule has 76 valence electrons. The van der Waals surface area contributed by atoms with Crippen LogP contribution in [-0.2, 0) is 6.42 Å². The molecule has 0 amide bonds. The van der Waals surface area contributed by atoms with Crippen molar-refractivity contribution in [2.24, 2.45) is 11.7 Å². The molecule has 1 unspecified atom stereocenters. The van der Waals surface area contributed by atoms with Crippen molar-refractivity contribution in [3.63, 3.8) is 0 Å². The predicted molar refractivity (Wildman–Crippen MR) is 60.5 cm³/mol. The molecule has 1 aliphatic rings. The van der Waals surface area contributed by atoms with Gasteiger partial charge < -0.3 is 11.1 Å². The molecule has 0 aliphatic carbocycles.